The number of primary amides is 1. The molecule has 0 aliphatic rings. The summed E-state index contributed by atoms with van der Waals surface area (Å²) in [6, 6.07) is 0. The van der Waals surface area contributed by atoms with Gasteiger partial charge >= 0.3 is 6.09 Å². The molecule has 0 saturated heterocycles. The van der Waals surface area contributed by atoms with Gasteiger partial charge in [-0.2, -0.15) is 0 Å². The Morgan fingerprint density at radius 1 is 1.50 bits per heavy atom. The molecular weight excluding hydrogens is 166 g/mol. The molecule has 0 aromatic carbocycles. The second-order valence-electron chi connectivity index (χ2n) is 1.28. The van der Waals surface area contributed by atoms with Gasteiger partial charge in [-0.05, 0) is 6.92 Å². The van der Waals surface area contributed by atoms with Crippen molar-refractivity contribution >= 4 is 18.5 Å². The molecule has 4 N–H and O–H groups in total. The number of oxime groups is 2. The van der Waals surface area contributed by atoms with Gasteiger partial charge in [0.05, 0.1) is 19.0 Å². The minimum Gasteiger partial charge on any atom is -0.450 e. The minimum atomic E-state index is -0.711. The Hall–Kier alpha value is -1.79. The maximum atomic E-state index is 9.60. The maximum absolute atomic E-state index is 9.60. The van der Waals surface area contributed by atoms with Gasteiger partial charge in [0, 0.05) is 0 Å². The van der Waals surface area contributed by atoms with Crippen LogP contribution in [-0.4, -0.2) is 35.5 Å². The van der Waals surface area contributed by atoms with Crippen molar-refractivity contribution < 1.29 is 19.9 Å². The van der Waals surface area contributed by atoms with Gasteiger partial charge in [0.25, 0.3) is 0 Å². The first-order chi connectivity index (χ1) is 5.68. The summed E-state index contributed by atoms with van der Waals surface area (Å²) < 4.78 is 4.18. The van der Waals surface area contributed by atoms with E-state index in [1.165, 1.54) is 0 Å². The zero-order chi connectivity index (χ0) is 9.82. The second kappa shape index (κ2) is 11.9. The zero-order valence-electron chi connectivity index (χ0n) is 6.54. The first-order valence-corrected chi connectivity index (χ1v) is 2.94. The molecule has 0 rings (SSSR count). The van der Waals surface area contributed by atoms with Crippen LogP contribution in [-0.2, 0) is 4.74 Å². The maximum Gasteiger partial charge on any atom is 0.404 e. The van der Waals surface area contributed by atoms with E-state index in [9.17, 15) is 4.79 Å². The van der Waals surface area contributed by atoms with Gasteiger partial charge in [-0.15, -0.1) is 0 Å². The Kier molecular flexibility index (Phi) is 12.8. The van der Waals surface area contributed by atoms with Crippen molar-refractivity contribution in [1.82, 2.24) is 0 Å². The van der Waals surface area contributed by atoms with Crippen LogP contribution in [0.2, 0.25) is 0 Å². The van der Waals surface area contributed by atoms with Crippen LogP contribution in [0, 0.1) is 0 Å². The van der Waals surface area contributed by atoms with E-state index in [2.05, 4.69) is 20.8 Å². The highest BCUT2D eigenvalue weighted by Gasteiger charge is 1.82. The Morgan fingerprint density at radius 2 is 1.92 bits per heavy atom. The smallest absolute Gasteiger partial charge is 0.404 e. The van der Waals surface area contributed by atoms with E-state index in [0.29, 0.717) is 6.61 Å². The van der Waals surface area contributed by atoms with Gasteiger partial charge in [-0.3, -0.25) is 0 Å². The molecule has 70 valence electrons. The van der Waals surface area contributed by atoms with E-state index < -0.39 is 6.09 Å². The predicted octanol–water partition coefficient (Wildman–Crippen LogP) is 0.00800. The number of carbonyl (C=O) groups is 1. The summed E-state index contributed by atoms with van der Waals surface area (Å²) in [4.78, 5) is 9.60. The molecule has 0 aliphatic carbocycles. The van der Waals surface area contributed by atoms with Crippen molar-refractivity contribution in [2.75, 3.05) is 6.61 Å². The molecule has 0 radical (unpaired) electrons. The molecule has 1 amide bonds. The van der Waals surface area contributed by atoms with Crippen molar-refractivity contribution in [2.45, 2.75) is 6.92 Å². The molecule has 0 unspecified atom stereocenters. The number of nitrogens with zero attached hydrogens (tertiary/aromatic N) is 2. The lowest BCUT2D eigenvalue weighted by Gasteiger charge is -1.89. The molecule has 7 nitrogen and oxygen atoms in total. The summed E-state index contributed by atoms with van der Waals surface area (Å²) in [5, 5.41) is 20.1. The number of ether oxygens (including phenoxy) is 1. The highest BCUT2D eigenvalue weighted by molar-refractivity contribution is 6.15. The first-order valence-electron chi connectivity index (χ1n) is 2.94. The molecule has 0 aliphatic heterocycles. The fourth-order valence-electron chi connectivity index (χ4n) is 0.202. The summed E-state index contributed by atoms with van der Waals surface area (Å²) in [7, 11) is 0. The minimum absolute atomic E-state index is 0.356. The highest BCUT2D eigenvalue weighted by Crippen LogP contribution is 1.66. The summed E-state index contributed by atoms with van der Waals surface area (Å²) >= 11 is 0. The van der Waals surface area contributed by atoms with Gasteiger partial charge in [0.15, 0.2) is 0 Å². The average Bonchev–Trinajstić information content (AvgIpc) is 2.02. The van der Waals surface area contributed by atoms with Crippen LogP contribution in [0.25, 0.3) is 0 Å². The molecule has 0 aromatic heterocycles. The third kappa shape index (κ3) is 24.1. The molecule has 7 heteroatoms. The van der Waals surface area contributed by atoms with E-state index in [-0.39, 0.29) is 0 Å². The van der Waals surface area contributed by atoms with Gasteiger partial charge in [0.1, 0.15) is 0 Å². The molecule has 0 aromatic rings. The largest absolute Gasteiger partial charge is 0.450 e. The topological polar surface area (TPSA) is 118 Å². The van der Waals surface area contributed by atoms with Crippen molar-refractivity contribution in [1.29, 1.82) is 0 Å². The summed E-state index contributed by atoms with van der Waals surface area (Å²) in [5.41, 5.74) is 4.54. The second-order valence-corrected chi connectivity index (χ2v) is 1.28. The molecule has 0 atom stereocenters. The number of hydrogen-bond donors (Lipinski definition) is 3. The molecule has 0 fully saturated rings. The van der Waals surface area contributed by atoms with Crippen LogP contribution >= 0.6 is 0 Å². The normalized spacial score (nSPS) is 9.42. The number of rotatable bonds is 2. The van der Waals surface area contributed by atoms with Crippen molar-refractivity contribution in [2.24, 2.45) is 16.0 Å². The zero-order valence-corrected chi connectivity index (χ0v) is 6.54. The van der Waals surface area contributed by atoms with E-state index in [1.807, 2.05) is 0 Å². The monoisotopic (exact) mass is 177 g/mol. The van der Waals surface area contributed by atoms with Crippen LogP contribution in [0.3, 0.4) is 0 Å². The molecular formula is C5H11N3O4. The number of amides is 1. The molecule has 12 heavy (non-hydrogen) atoms. The molecule has 0 bridgehead atoms. The third-order valence-electron chi connectivity index (χ3n) is 0.487. The Balaban J connectivity index is 0. The Labute approximate surface area is 69.1 Å². The quantitative estimate of drug-likeness (QED) is 0.312. The number of carbonyl (C=O) groups excluding carboxylic acids is 1. The molecule has 0 saturated carbocycles. The molecule has 0 spiro atoms. The summed E-state index contributed by atoms with van der Waals surface area (Å²) in [5.74, 6) is 0. The van der Waals surface area contributed by atoms with Gasteiger partial charge < -0.3 is 20.9 Å². The number of nitrogens with two attached hydrogens (primary N) is 1. The van der Waals surface area contributed by atoms with Crippen LogP contribution < -0.4 is 5.73 Å². The Bertz CT molecular complexity index is 147. The SMILES string of the molecule is CCOC(N)=O.ON=CC=NO. The van der Waals surface area contributed by atoms with E-state index in [1.54, 1.807) is 6.92 Å². The van der Waals surface area contributed by atoms with Crippen LogP contribution in [0.5, 0.6) is 0 Å². The summed E-state index contributed by atoms with van der Waals surface area (Å²) in [6.45, 7) is 2.06. The summed E-state index contributed by atoms with van der Waals surface area (Å²) in [6.07, 6.45) is 1.18. The standard InChI is InChI=1S/C3H7NO2.C2H4N2O2/c1-2-6-3(4)5;5-3-1-2-4-6/h2H2,1H3,(H2,4,5);1-2,5-6H. The molecule has 0 heterocycles. The average molecular weight is 177 g/mol. The van der Waals surface area contributed by atoms with Crippen molar-refractivity contribution in [3.63, 3.8) is 0 Å². The first kappa shape index (κ1) is 12.8. The fourth-order valence-corrected chi connectivity index (χ4v) is 0.202. The van der Waals surface area contributed by atoms with E-state index >= 15 is 0 Å². The van der Waals surface area contributed by atoms with Crippen molar-refractivity contribution in [3.05, 3.63) is 0 Å². The van der Waals surface area contributed by atoms with E-state index in [0.717, 1.165) is 12.4 Å². The van der Waals surface area contributed by atoms with Gasteiger partial charge in [-0.1, -0.05) is 10.3 Å². The van der Waals surface area contributed by atoms with Gasteiger partial charge in [-0.25, -0.2) is 4.79 Å². The van der Waals surface area contributed by atoms with Gasteiger partial charge in [0.2, 0.25) is 0 Å². The lowest BCUT2D eigenvalue weighted by Crippen LogP contribution is -2.11. The third-order valence-corrected chi connectivity index (χ3v) is 0.487. The van der Waals surface area contributed by atoms with Crippen LogP contribution in [0.4, 0.5) is 4.79 Å². The fraction of sp³-hybridized carbons (Fsp3) is 0.400. The lowest BCUT2D eigenvalue weighted by atomic mass is 10.8. The predicted molar refractivity (Wildman–Crippen MR) is 41.8 cm³/mol. The lowest BCUT2D eigenvalue weighted by molar-refractivity contribution is 0.163. The van der Waals surface area contributed by atoms with Crippen molar-refractivity contribution in [3.8, 4) is 0 Å². The van der Waals surface area contributed by atoms with E-state index in [4.69, 9.17) is 10.4 Å². The van der Waals surface area contributed by atoms with Crippen LogP contribution in [0.15, 0.2) is 10.3 Å². The number of hydrogen-bond acceptors (Lipinski definition) is 6. The van der Waals surface area contributed by atoms with Crippen LogP contribution in [0.1, 0.15) is 6.92 Å². The Morgan fingerprint density at radius 3 is 2.00 bits per heavy atom. The highest BCUT2D eigenvalue weighted by atomic mass is 16.5.